The topological polar surface area (TPSA) is 64.2 Å². The lowest BCUT2D eigenvalue weighted by atomic mass is 10.1. The number of carbonyl (C=O) groups is 1. The van der Waals surface area contributed by atoms with Crippen molar-refractivity contribution in [2.75, 3.05) is 5.75 Å². The molecule has 1 saturated carbocycles. The Morgan fingerprint density at radius 1 is 1.06 bits per heavy atom. The van der Waals surface area contributed by atoms with Crippen molar-refractivity contribution in [2.45, 2.75) is 51.0 Å². The normalized spacial score (nSPS) is 14.1. The van der Waals surface area contributed by atoms with Gasteiger partial charge in [0.05, 0.1) is 24.1 Å². The molecule has 0 bridgehead atoms. The van der Waals surface area contributed by atoms with Crippen LogP contribution >= 0.6 is 11.8 Å². The standard InChI is InChI=1S/C28H30N4O2S/c1-20(24-13-14-24)31(17-22-9-5-3-6-10-22)26(33)19-35-28-30-29-27(25-15-16-34-21(25)2)32(28)18-23-11-7-4-8-12-23/h3-12,15-16,20,24H,13-14,17-19H2,1-2H3/t20-/m0/s1. The van der Waals surface area contributed by atoms with Crippen molar-refractivity contribution in [3.8, 4) is 11.4 Å². The second-order valence-electron chi connectivity index (χ2n) is 9.14. The first kappa shape index (κ1) is 23.4. The fraction of sp³-hybridized carbons (Fsp3) is 0.321. The molecular formula is C28H30N4O2S. The van der Waals surface area contributed by atoms with E-state index in [1.807, 2.05) is 54.3 Å². The molecule has 0 aliphatic heterocycles. The fourth-order valence-corrected chi connectivity index (χ4v) is 5.23. The van der Waals surface area contributed by atoms with Gasteiger partial charge < -0.3 is 9.32 Å². The Labute approximate surface area is 210 Å². The number of aromatic nitrogens is 3. The van der Waals surface area contributed by atoms with Gasteiger partial charge in [0.1, 0.15) is 5.76 Å². The summed E-state index contributed by atoms with van der Waals surface area (Å²) in [5.74, 6) is 2.61. The Morgan fingerprint density at radius 2 is 1.74 bits per heavy atom. The molecule has 1 fully saturated rings. The highest BCUT2D eigenvalue weighted by atomic mass is 32.2. The lowest BCUT2D eigenvalue weighted by molar-refractivity contribution is -0.131. The minimum atomic E-state index is 0.133. The molecule has 1 amide bonds. The second-order valence-corrected chi connectivity index (χ2v) is 10.1. The number of hydrogen-bond acceptors (Lipinski definition) is 5. The molecule has 1 aliphatic rings. The molecule has 6 nitrogen and oxygen atoms in total. The molecule has 35 heavy (non-hydrogen) atoms. The number of thioether (sulfide) groups is 1. The van der Waals surface area contributed by atoms with Gasteiger partial charge in [0.25, 0.3) is 0 Å². The van der Waals surface area contributed by atoms with Gasteiger partial charge in [-0.05, 0) is 49.8 Å². The second kappa shape index (κ2) is 10.5. The summed E-state index contributed by atoms with van der Waals surface area (Å²) in [6.45, 7) is 5.36. The van der Waals surface area contributed by atoms with Gasteiger partial charge in [-0.1, -0.05) is 72.4 Å². The fourth-order valence-electron chi connectivity index (χ4n) is 4.40. The lowest BCUT2D eigenvalue weighted by Crippen LogP contribution is -2.40. The van der Waals surface area contributed by atoms with Crippen LogP contribution in [0.25, 0.3) is 11.4 Å². The Hall–Kier alpha value is -3.32. The average Bonchev–Trinajstić information content (AvgIpc) is 3.55. The van der Waals surface area contributed by atoms with E-state index < -0.39 is 0 Å². The zero-order valence-corrected chi connectivity index (χ0v) is 20.9. The monoisotopic (exact) mass is 486 g/mol. The van der Waals surface area contributed by atoms with Crippen LogP contribution in [0.1, 0.15) is 36.7 Å². The molecule has 5 rings (SSSR count). The number of rotatable bonds is 10. The van der Waals surface area contributed by atoms with E-state index >= 15 is 0 Å². The number of benzene rings is 2. The van der Waals surface area contributed by atoms with Crippen LogP contribution in [0.2, 0.25) is 0 Å². The number of nitrogens with zero attached hydrogens (tertiary/aromatic N) is 4. The van der Waals surface area contributed by atoms with E-state index in [-0.39, 0.29) is 11.9 Å². The van der Waals surface area contributed by atoms with Crippen molar-refractivity contribution in [3.05, 3.63) is 89.9 Å². The van der Waals surface area contributed by atoms with Gasteiger partial charge >= 0.3 is 0 Å². The van der Waals surface area contributed by atoms with Gasteiger partial charge in [-0.15, -0.1) is 10.2 Å². The molecule has 0 N–H and O–H groups in total. The molecule has 4 aromatic rings. The summed E-state index contributed by atoms with van der Waals surface area (Å²) in [5, 5.41) is 9.70. The van der Waals surface area contributed by atoms with E-state index in [0.717, 1.165) is 33.4 Å². The summed E-state index contributed by atoms with van der Waals surface area (Å²) in [4.78, 5) is 15.5. The smallest absolute Gasteiger partial charge is 0.233 e. The molecule has 0 spiro atoms. The summed E-state index contributed by atoms with van der Waals surface area (Å²) >= 11 is 1.45. The van der Waals surface area contributed by atoms with Crippen molar-refractivity contribution in [1.29, 1.82) is 0 Å². The quantitative estimate of drug-likeness (QED) is 0.265. The Morgan fingerprint density at radius 3 is 2.37 bits per heavy atom. The molecular weight excluding hydrogens is 456 g/mol. The van der Waals surface area contributed by atoms with Crippen molar-refractivity contribution in [3.63, 3.8) is 0 Å². The first-order valence-electron chi connectivity index (χ1n) is 12.1. The molecule has 0 radical (unpaired) electrons. The number of aryl methyl sites for hydroxylation is 1. The van der Waals surface area contributed by atoms with Crippen LogP contribution in [0.5, 0.6) is 0 Å². The number of carbonyl (C=O) groups excluding carboxylic acids is 1. The SMILES string of the molecule is Cc1occc1-c1nnc(SCC(=O)N(Cc2ccccc2)[C@@H](C)C2CC2)n1Cc1ccccc1. The lowest BCUT2D eigenvalue weighted by Gasteiger charge is -2.29. The molecule has 0 saturated heterocycles. The molecule has 2 aromatic heterocycles. The highest BCUT2D eigenvalue weighted by Crippen LogP contribution is 2.36. The van der Waals surface area contributed by atoms with Crippen molar-refractivity contribution < 1.29 is 9.21 Å². The van der Waals surface area contributed by atoms with E-state index in [2.05, 4.69) is 46.0 Å². The molecule has 0 unspecified atom stereocenters. The van der Waals surface area contributed by atoms with Gasteiger partial charge in [-0.25, -0.2) is 0 Å². The minimum Gasteiger partial charge on any atom is -0.469 e. The number of amides is 1. The highest BCUT2D eigenvalue weighted by molar-refractivity contribution is 7.99. The maximum absolute atomic E-state index is 13.5. The van der Waals surface area contributed by atoms with Crippen LogP contribution in [0.4, 0.5) is 0 Å². The predicted molar refractivity (Wildman–Crippen MR) is 138 cm³/mol. The van der Waals surface area contributed by atoms with E-state index in [9.17, 15) is 4.79 Å². The molecule has 180 valence electrons. The Balaban J connectivity index is 1.37. The van der Waals surface area contributed by atoms with Crippen LogP contribution < -0.4 is 0 Å². The first-order chi connectivity index (χ1) is 17.1. The Kier molecular flexibility index (Phi) is 7.04. The third-order valence-electron chi connectivity index (χ3n) is 6.64. The summed E-state index contributed by atoms with van der Waals surface area (Å²) in [6, 6.07) is 22.6. The van der Waals surface area contributed by atoms with Crippen molar-refractivity contribution in [2.24, 2.45) is 5.92 Å². The van der Waals surface area contributed by atoms with E-state index in [0.29, 0.717) is 24.8 Å². The third kappa shape index (κ3) is 5.51. The van der Waals surface area contributed by atoms with Crippen LogP contribution in [-0.2, 0) is 17.9 Å². The minimum absolute atomic E-state index is 0.133. The molecule has 2 aromatic carbocycles. The van der Waals surface area contributed by atoms with Gasteiger partial charge in [-0.3, -0.25) is 9.36 Å². The maximum Gasteiger partial charge on any atom is 0.233 e. The summed E-state index contributed by atoms with van der Waals surface area (Å²) in [6.07, 6.45) is 4.07. The largest absolute Gasteiger partial charge is 0.469 e. The van der Waals surface area contributed by atoms with Crippen molar-refractivity contribution in [1.82, 2.24) is 19.7 Å². The van der Waals surface area contributed by atoms with Gasteiger partial charge in [-0.2, -0.15) is 0 Å². The molecule has 1 atom stereocenters. The van der Waals surface area contributed by atoms with Crippen LogP contribution in [0.3, 0.4) is 0 Å². The van der Waals surface area contributed by atoms with Gasteiger partial charge in [0.2, 0.25) is 5.91 Å². The van der Waals surface area contributed by atoms with E-state index in [1.165, 1.54) is 24.6 Å². The Bertz CT molecular complexity index is 1260. The van der Waals surface area contributed by atoms with Crippen LogP contribution in [-0.4, -0.2) is 37.4 Å². The maximum atomic E-state index is 13.5. The first-order valence-corrected chi connectivity index (χ1v) is 13.1. The summed E-state index contributed by atoms with van der Waals surface area (Å²) in [7, 11) is 0. The number of hydrogen-bond donors (Lipinski definition) is 0. The van der Waals surface area contributed by atoms with Crippen LogP contribution in [0.15, 0.2) is 82.6 Å². The van der Waals surface area contributed by atoms with Crippen molar-refractivity contribution >= 4 is 17.7 Å². The molecule has 2 heterocycles. The molecule has 1 aliphatic carbocycles. The predicted octanol–water partition coefficient (Wildman–Crippen LogP) is 5.81. The van der Waals surface area contributed by atoms with Gasteiger partial charge in [0, 0.05) is 12.6 Å². The average molecular weight is 487 g/mol. The van der Waals surface area contributed by atoms with E-state index in [4.69, 9.17) is 4.42 Å². The number of furan rings is 1. The van der Waals surface area contributed by atoms with Gasteiger partial charge in [0.15, 0.2) is 11.0 Å². The van der Waals surface area contributed by atoms with E-state index in [1.54, 1.807) is 6.26 Å². The third-order valence-corrected chi connectivity index (χ3v) is 7.59. The summed E-state index contributed by atoms with van der Waals surface area (Å²) < 4.78 is 7.61. The zero-order chi connectivity index (χ0) is 24.2. The summed E-state index contributed by atoms with van der Waals surface area (Å²) in [5.41, 5.74) is 3.22. The van der Waals surface area contributed by atoms with Crippen LogP contribution in [0, 0.1) is 12.8 Å². The zero-order valence-electron chi connectivity index (χ0n) is 20.1. The molecule has 7 heteroatoms. The highest BCUT2D eigenvalue weighted by Gasteiger charge is 2.34.